The minimum atomic E-state index is -0.0901. The molecule has 0 heterocycles. The molecule has 0 bridgehead atoms. The van der Waals surface area contributed by atoms with Gasteiger partial charge < -0.3 is 11.1 Å². The number of hydrogen-bond donors (Lipinski definition) is 2. The van der Waals surface area contributed by atoms with E-state index in [4.69, 9.17) is 18.0 Å². The van der Waals surface area contributed by atoms with E-state index >= 15 is 0 Å². The summed E-state index contributed by atoms with van der Waals surface area (Å²) in [4.78, 5) is 12.8. The van der Waals surface area contributed by atoms with Crippen molar-refractivity contribution < 1.29 is 4.79 Å². The second-order valence-electron chi connectivity index (χ2n) is 5.06. The van der Waals surface area contributed by atoms with Gasteiger partial charge in [-0.1, -0.05) is 42.5 Å². The van der Waals surface area contributed by atoms with Gasteiger partial charge in [-0.2, -0.15) is 0 Å². The molecule has 21 heavy (non-hydrogen) atoms. The van der Waals surface area contributed by atoms with E-state index in [0.29, 0.717) is 11.4 Å². The average Bonchev–Trinajstić information content (AvgIpc) is 2.40. The van der Waals surface area contributed by atoms with Crippen LogP contribution in [0.2, 0.25) is 0 Å². The number of nitrogens with one attached hydrogen (secondary N) is 1. The highest BCUT2D eigenvalue weighted by atomic mass is 32.1. The maximum atomic E-state index is 12.4. The van der Waals surface area contributed by atoms with Crippen LogP contribution in [0.5, 0.6) is 0 Å². The second-order valence-corrected chi connectivity index (χ2v) is 5.59. The fraction of sp³-hybridized carbons (Fsp3) is 0.176. The fourth-order valence-corrected chi connectivity index (χ4v) is 2.44. The van der Waals surface area contributed by atoms with Crippen molar-refractivity contribution in [1.29, 1.82) is 0 Å². The number of benzene rings is 2. The van der Waals surface area contributed by atoms with Gasteiger partial charge in [-0.05, 0) is 42.7 Å². The molecule has 1 amide bonds. The van der Waals surface area contributed by atoms with Crippen LogP contribution >= 0.6 is 12.2 Å². The standard InChI is InChI=1S/C17H18N2OS/c1-11-4-3-5-12(2)16(11)17(20)19-14-8-6-13(7-9-14)10-15(18)21/h3-9H,10H2,1-2H3,(H2,18,21)(H,19,20). The second kappa shape index (κ2) is 6.50. The van der Waals surface area contributed by atoms with Crippen LogP contribution in [0.25, 0.3) is 0 Å². The Morgan fingerprint density at radius 3 is 2.19 bits per heavy atom. The van der Waals surface area contributed by atoms with Crippen molar-refractivity contribution >= 4 is 28.8 Å². The molecule has 0 saturated heterocycles. The molecule has 2 rings (SSSR count). The molecule has 0 atom stereocenters. The first-order chi connectivity index (χ1) is 9.97. The lowest BCUT2D eigenvalue weighted by Gasteiger charge is -2.11. The van der Waals surface area contributed by atoms with Gasteiger partial charge in [0.25, 0.3) is 5.91 Å². The molecule has 3 nitrogen and oxygen atoms in total. The van der Waals surface area contributed by atoms with Gasteiger partial charge in [0, 0.05) is 17.7 Å². The lowest BCUT2D eigenvalue weighted by atomic mass is 10.0. The molecule has 4 heteroatoms. The highest BCUT2D eigenvalue weighted by Gasteiger charge is 2.11. The molecule has 0 unspecified atom stereocenters. The number of nitrogens with two attached hydrogens (primary N) is 1. The van der Waals surface area contributed by atoms with Crippen molar-refractivity contribution in [3.8, 4) is 0 Å². The van der Waals surface area contributed by atoms with Crippen molar-refractivity contribution in [2.45, 2.75) is 20.3 Å². The van der Waals surface area contributed by atoms with E-state index in [0.717, 1.165) is 27.9 Å². The Labute approximate surface area is 130 Å². The molecular formula is C17H18N2OS. The predicted molar refractivity (Wildman–Crippen MR) is 90.8 cm³/mol. The number of thiocarbonyl (C=S) groups is 1. The molecule has 0 saturated carbocycles. The maximum absolute atomic E-state index is 12.4. The van der Waals surface area contributed by atoms with Crippen molar-refractivity contribution in [3.05, 3.63) is 64.7 Å². The van der Waals surface area contributed by atoms with E-state index < -0.39 is 0 Å². The zero-order chi connectivity index (χ0) is 15.4. The smallest absolute Gasteiger partial charge is 0.256 e. The Bertz CT molecular complexity index is 657. The maximum Gasteiger partial charge on any atom is 0.256 e. The summed E-state index contributed by atoms with van der Waals surface area (Å²) in [5.74, 6) is -0.0901. The molecule has 0 fully saturated rings. The third-order valence-electron chi connectivity index (χ3n) is 3.30. The molecule has 2 aromatic carbocycles. The normalized spacial score (nSPS) is 10.2. The largest absolute Gasteiger partial charge is 0.393 e. The molecule has 2 aromatic rings. The van der Waals surface area contributed by atoms with Crippen LogP contribution in [0, 0.1) is 13.8 Å². The molecule has 0 aliphatic carbocycles. The van der Waals surface area contributed by atoms with Gasteiger partial charge in [0.15, 0.2) is 0 Å². The van der Waals surface area contributed by atoms with Crippen molar-refractivity contribution in [2.75, 3.05) is 5.32 Å². The van der Waals surface area contributed by atoms with Crippen molar-refractivity contribution in [3.63, 3.8) is 0 Å². The molecule has 3 N–H and O–H groups in total. The summed E-state index contributed by atoms with van der Waals surface area (Å²) >= 11 is 4.88. The van der Waals surface area contributed by atoms with Gasteiger partial charge in [0.2, 0.25) is 0 Å². The van der Waals surface area contributed by atoms with E-state index in [-0.39, 0.29) is 5.91 Å². The minimum absolute atomic E-state index is 0.0901. The number of amides is 1. The monoisotopic (exact) mass is 298 g/mol. The van der Waals surface area contributed by atoms with Gasteiger partial charge >= 0.3 is 0 Å². The lowest BCUT2D eigenvalue weighted by Crippen LogP contribution is -2.15. The number of carbonyl (C=O) groups excluding carboxylic acids is 1. The topological polar surface area (TPSA) is 55.1 Å². The zero-order valence-corrected chi connectivity index (χ0v) is 13.0. The van der Waals surface area contributed by atoms with Crippen LogP contribution in [0.15, 0.2) is 42.5 Å². The van der Waals surface area contributed by atoms with Crippen LogP contribution < -0.4 is 11.1 Å². The van der Waals surface area contributed by atoms with E-state index in [2.05, 4.69) is 5.32 Å². The summed E-state index contributed by atoms with van der Waals surface area (Å²) < 4.78 is 0. The highest BCUT2D eigenvalue weighted by Crippen LogP contribution is 2.17. The minimum Gasteiger partial charge on any atom is -0.393 e. The quantitative estimate of drug-likeness (QED) is 0.851. The van der Waals surface area contributed by atoms with Gasteiger partial charge in [-0.25, -0.2) is 0 Å². The average molecular weight is 298 g/mol. The van der Waals surface area contributed by atoms with Crippen LogP contribution in [0.4, 0.5) is 5.69 Å². The third-order valence-corrected chi connectivity index (χ3v) is 3.44. The highest BCUT2D eigenvalue weighted by molar-refractivity contribution is 7.80. The number of rotatable bonds is 4. The third kappa shape index (κ3) is 3.89. The Morgan fingerprint density at radius 2 is 1.67 bits per heavy atom. The van der Waals surface area contributed by atoms with Gasteiger partial charge in [-0.15, -0.1) is 0 Å². The Hall–Kier alpha value is -2.20. The Morgan fingerprint density at radius 1 is 1.10 bits per heavy atom. The first-order valence-electron chi connectivity index (χ1n) is 6.72. The van der Waals surface area contributed by atoms with Crippen LogP contribution in [-0.4, -0.2) is 10.9 Å². The van der Waals surface area contributed by atoms with Crippen molar-refractivity contribution in [1.82, 2.24) is 0 Å². The van der Waals surface area contributed by atoms with E-state index in [1.54, 1.807) is 0 Å². The van der Waals surface area contributed by atoms with Gasteiger partial charge in [-0.3, -0.25) is 4.79 Å². The summed E-state index contributed by atoms with van der Waals surface area (Å²) in [5.41, 5.74) is 9.97. The summed E-state index contributed by atoms with van der Waals surface area (Å²) in [7, 11) is 0. The predicted octanol–water partition coefficient (Wildman–Crippen LogP) is 3.38. The molecule has 0 radical (unpaired) electrons. The van der Waals surface area contributed by atoms with E-state index in [1.807, 2.05) is 56.3 Å². The number of aryl methyl sites for hydroxylation is 2. The molecule has 0 aliphatic heterocycles. The molecule has 0 aromatic heterocycles. The van der Waals surface area contributed by atoms with Gasteiger partial charge in [0.05, 0.1) is 4.99 Å². The summed E-state index contributed by atoms with van der Waals surface area (Å²) in [6.07, 6.45) is 0.570. The first kappa shape index (κ1) is 15.2. The number of anilines is 1. The van der Waals surface area contributed by atoms with E-state index in [1.165, 1.54) is 0 Å². The number of carbonyl (C=O) groups is 1. The fourth-order valence-electron chi connectivity index (χ4n) is 2.27. The molecule has 0 spiro atoms. The Balaban J connectivity index is 2.14. The molecule has 0 aliphatic rings. The lowest BCUT2D eigenvalue weighted by molar-refractivity contribution is 0.102. The summed E-state index contributed by atoms with van der Waals surface area (Å²) in [5, 5.41) is 2.92. The van der Waals surface area contributed by atoms with Gasteiger partial charge in [0.1, 0.15) is 0 Å². The van der Waals surface area contributed by atoms with E-state index in [9.17, 15) is 4.79 Å². The van der Waals surface area contributed by atoms with Crippen molar-refractivity contribution in [2.24, 2.45) is 5.73 Å². The summed E-state index contributed by atoms with van der Waals surface area (Å²) in [6, 6.07) is 13.4. The zero-order valence-electron chi connectivity index (χ0n) is 12.1. The number of hydrogen-bond acceptors (Lipinski definition) is 2. The van der Waals surface area contributed by atoms with Crippen LogP contribution in [-0.2, 0) is 6.42 Å². The SMILES string of the molecule is Cc1cccc(C)c1C(=O)Nc1ccc(CC(N)=S)cc1. The van der Waals surface area contributed by atoms with Crippen LogP contribution in [0.3, 0.4) is 0 Å². The molecular weight excluding hydrogens is 280 g/mol. The Kier molecular flexibility index (Phi) is 4.70. The van der Waals surface area contributed by atoms with Crippen LogP contribution in [0.1, 0.15) is 27.0 Å². The molecule has 108 valence electrons. The first-order valence-corrected chi connectivity index (χ1v) is 7.13. The summed E-state index contributed by atoms with van der Waals surface area (Å²) in [6.45, 7) is 3.88.